The summed E-state index contributed by atoms with van der Waals surface area (Å²) in [7, 11) is 1.92. The van der Waals surface area contributed by atoms with E-state index in [1.54, 1.807) is 0 Å². The molecule has 156 valence electrons. The van der Waals surface area contributed by atoms with Crippen molar-refractivity contribution in [2.24, 2.45) is 5.92 Å². The summed E-state index contributed by atoms with van der Waals surface area (Å²) in [5, 5.41) is 0. The minimum Gasteiger partial charge on any atom is -0.368 e. The Morgan fingerprint density at radius 3 is 1.79 bits per heavy atom. The van der Waals surface area contributed by atoms with Gasteiger partial charge in [0.2, 0.25) is 0 Å². The van der Waals surface area contributed by atoms with Gasteiger partial charge in [-0.05, 0) is 60.9 Å². The average molecular weight is 458 g/mol. The second kappa shape index (κ2) is 9.66. The second-order valence-corrected chi connectivity index (χ2v) is 9.05. The lowest BCUT2D eigenvalue weighted by Crippen LogP contribution is -2.46. The van der Waals surface area contributed by atoms with Crippen LogP contribution in [0.15, 0.2) is 53.0 Å². The molecule has 4 nitrogen and oxygen atoms in total. The van der Waals surface area contributed by atoms with Gasteiger partial charge in [-0.1, -0.05) is 36.7 Å². The second-order valence-electron chi connectivity index (χ2n) is 8.13. The molecule has 0 aromatic heterocycles. The molecule has 1 aliphatic heterocycles. The van der Waals surface area contributed by atoms with Crippen LogP contribution in [0.2, 0.25) is 0 Å². The molecule has 2 aromatic carbocycles. The van der Waals surface area contributed by atoms with E-state index in [1.165, 1.54) is 11.4 Å². The first kappa shape index (κ1) is 21.7. The minimum atomic E-state index is 0.108. The highest BCUT2D eigenvalue weighted by atomic mass is 79.9. The zero-order valence-corrected chi connectivity index (χ0v) is 19.5. The Morgan fingerprint density at radius 1 is 0.931 bits per heavy atom. The fraction of sp³-hybridized carbons (Fsp3) is 0.458. The quantitative estimate of drug-likeness (QED) is 0.589. The van der Waals surface area contributed by atoms with E-state index < -0.39 is 0 Å². The molecular weight excluding hydrogens is 426 g/mol. The number of hydrogen-bond acceptors (Lipinski definition) is 3. The van der Waals surface area contributed by atoms with Gasteiger partial charge in [-0.3, -0.25) is 4.79 Å². The number of amides is 1. The first-order valence-corrected chi connectivity index (χ1v) is 11.3. The smallest absolute Gasteiger partial charge is 0.253 e. The van der Waals surface area contributed by atoms with Crippen LogP contribution in [-0.2, 0) is 0 Å². The van der Waals surface area contributed by atoms with Crippen LogP contribution in [0.4, 0.5) is 11.4 Å². The van der Waals surface area contributed by atoms with Crippen LogP contribution in [0.25, 0.3) is 0 Å². The van der Waals surface area contributed by atoms with Crippen molar-refractivity contribution < 1.29 is 4.79 Å². The van der Waals surface area contributed by atoms with Crippen LogP contribution < -0.4 is 9.80 Å². The summed E-state index contributed by atoms with van der Waals surface area (Å²) >= 11 is 3.50. The van der Waals surface area contributed by atoms with Crippen molar-refractivity contribution in [1.29, 1.82) is 0 Å². The standard InChI is InChI=1S/C24H32BrN3O/c1-5-23(18(2)3)26(4)24(29)19-6-10-21(11-7-19)27-14-16-28(17-15-27)22-12-8-20(25)9-13-22/h6-13,18,23H,5,14-17H2,1-4H3/t23-/m0/s1. The van der Waals surface area contributed by atoms with Gasteiger partial charge in [0.25, 0.3) is 5.91 Å². The molecule has 1 fully saturated rings. The summed E-state index contributed by atoms with van der Waals surface area (Å²) in [6, 6.07) is 16.9. The summed E-state index contributed by atoms with van der Waals surface area (Å²) in [4.78, 5) is 19.6. The molecule has 0 spiro atoms. The molecule has 1 atom stereocenters. The van der Waals surface area contributed by atoms with E-state index >= 15 is 0 Å². The number of rotatable bonds is 6. The number of piperazine rings is 1. The number of benzene rings is 2. The van der Waals surface area contributed by atoms with Gasteiger partial charge < -0.3 is 14.7 Å². The highest BCUT2D eigenvalue weighted by Crippen LogP contribution is 2.23. The molecule has 2 aromatic rings. The maximum atomic E-state index is 12.9. The van der Waals surface area contributed by atoms with Gasteiger partial charge in [0.1, 0.15) is 0 Å². The number of hydrogen-bond donors (Lipinski definition) is 0. The van der Waals surface area contributed by atoms with Crippen molar-refractivity contribution in [2.45, 2.75) is 33.2 Å². The van der Waals surface area contributed by atoms with Gasteiger partial charge in [-0.2, -0.15) is 0 Å². The zero-order chi connectivity index (χ0) is 21.0. The Hall–Kier alpha value is -2.01. The number of carbonyl (C=O) groups excluding carboxylic acids is 1. The van der Waals surface area contributed by atoms with Gasteiger partial charge >= 0.3 is 0 Å². The van der Waals surface area contributed by atoms with E-state index in [-0.39, 0.29) is 11.9 Å². The molecular formula is C24H32BrN3O. The SMILES string of the molecule is CC[C@@H](C(C)C)N(C)C(=O)c1ccc(N2CCN(c3ccc(Br)cc3)CC2)cc1. The molecule has 0 unspecified atom stereocenters. The van der Waals surface area contributed by atoms with Crippen molar-refractivity contribution in [3.05, 3.63) is 58.6 Å². The van der Waals surface area contributed by atoms with Crippen LogP contribution in [-0.4, -0.2) is 50.1 Å². The first-order chi connectivity index (χ1) is 13.9. The van der Waals surface area contributed by atoms with E-state index in [4.69, 9.17) is 0 Å². The fourth-order valence-corrected chi connectivity index (χ4v) is 4.50. The number of anilines is 2. The van der Waals surface area contributed by atoms with Crippen molar-refractivity contribution in [3.8, 4) is 0 Å². The Bertz CT molecular complexity index is 796. The maximum absolute atomic E-state index is 12.9. The minimum absolute atomic E-state index is 0.108. The summed E-state index contributed by atoms with van der Waals surface area (Å²) in [5.74, 6) is 0.562. The van der Waals surface area contributed by atoms with E-state index in [2.05, 4.69) is 82.9 Å². The van der Waals surface area contributed by atoms with Gasteiger partial charge in [0.05, 0.1) is 0 Å². The van der Waals surface area contributed by atoms with E-state index in [0.717, 1.165) is 42.6 Å². The van der Waals surface area contributed by atoms with Crippen molar-refractivity contribution in [3.63, 3.8) is 0 Å². The highest BCUT2D eigenvalue weighted by molar-refractivity contribution is 9.10. The predicted molar refractivity (Wildman–Crippen MR) is 126 cm³/mol. The monoisotopic (exact) mass is 457 g/mol. The lowest BCUT2D eigenvalue weighted by Gasteiger charge is -2.37. The summed E-state index contributed by atoms with van der Waals surface area (Å²) < 4.78 is 1.11. The first-order valence-electron chi connectivity index (χ1n) is 10.5. The molecule has 1 saturated heterocycles. The van der Waals surface area contributed by atoms with Gasteiger partial charge in [-0.25, -0.2) is 0 Å². The molecule has 0 radical (unpaired) electrons. The third-order valence-electron chi connectivity index (χ3n) is 5.96. The van der Waals surface area contributed by atoms with Crippen LogP contribution in [0.1, 0.15) is 37.6 Å². The van der Waals surface area contributed by atoms with Crippen molar-refractivity contribution in [1.82, 2.24) is 4.90 Å². The molecule has 0 N–H and O–H groups in total. The summed E-state index contributed by atoms with van der Waals surface area (Å²) in [6.45, 7) is 10.5. The predicted octanol–water partition coefficient (Wildman–Crippen LogP) is 5.28. The molecule has 1 amide bonds. The molecule has 0 bridgehead atoms. The lowest BCUT2D eigenvalue weighted by molar-refractivity contribution is 0.0684. The molecule has 0 saturated carbocycles. The molecule has 3 rings (SSSR count). The molecule has 1 aliphatic rings. The topological polar surface area (TPSA) is 26.8 Å². The van der Waals surface area contributed by atoms with Crippen molar-refractivity contribution in [2.75, 3.05) is 43.0 Å². The number of carbonyl (C=O) groups is 1. The largest absolute Gasteiger partial charge is 0.368 e. The third kappa shape index (κ3) is 5.13. The zero-order valence-electron chi connectivity index (χ0n) is 17.9. The Labute approximate surface area is 183 Å². The van der Waals surface area contributed by atoms with Crippen LogP contribution >= 0.6 is 15.9 Å². The fourth-order valence-electron chi connectivity index (χ4n) is 4.24. The van der Waals surface area contributed by atoms with E-state index in [1.807, 2.05) is 24.1 Å². The van der Waals surface area contributed by atoms with Gasteiger partial charge in [0.15, 0.2) is 0 Å². The van der Waals surface area contributed by atoms with Gasteiger partial charge in [-0.15, -0.1) is 0 Å². The number of nitrogens with zero attached hydrogens (tertiary/aromatic N) is 3. The Morgan fingerprint density at radius 2 is 1.38 bits per heavy atom. The van der Waals surface area contributed by atoms with E-state index in [0.29, 0.717) is 5.92 Å². The van der Waals surface area contributed by atoms with Crippen LogP contribution in [0.5, 0.6) is 0 Å². The maximum Gasteiger partial charge on any atom is 0.253 e. The summed E-state index contributed by atoms with van der Waals surface area (Å²) in [5.41, 5.74) is 3.23. The third-order valence-corrected chi connectivity index (χ3v) is 6.49. The average Bonchev–Trinajstić information content (AvgIpc) is 2.74. The van der Waals surface area contributed by atoms with Crippen LogP contribution in [0, 0.1) is 5.92 Å². The lowest BCUT2D eigenvalue weighted by atomic mass is 9.99. The normalized spacial score (nSPS) is 15.5. The van der Waals surface area contributed by atoms with Crippen molar-refractivity contribution >= 4 is 33.2 Å². The van der Waals surface area contributed by atoms with Gasteiger partial charge in [0, 0.05) is 60.7 Å². The van der Waals surface area contributed by atoms with E-state index in [9.17, 15) is 4.79 Å². The Kier molecular flexibility index (Phi) is 7.23. The molecule has 0 aliphatic carbocycles. The van der Waals surface area contributed by atoms with Crippen LogP contribution in [0.3, 0.4) is 0 Å². The molecule has 29 heavy (non-hydrogen) atoms. The molecule has 1 heterocycles. The highest BCUT2D eigenvalue weighted by Gasteiger charge is 2.23. The number of halogens is 1. The summed E-state index contributed by atoms with van der Waals surface area (Å²) in [6.07, 6.45) is 0.973. The Balaban J connectivity index is 1.61. The molecule has 5 heteroatoms.